The van der Waals surface area contributed by atoms with Gasteiger partial charge in [-0.25, -0.2) is 14.8 Å². The molecule has 206 valence electrons. The second kappa shape index (κ2) is 19.4. The molecule has 37 heavy (non-hydrogen) atoms. The van der Waals surface area contributed by atoms with Gasteiger partial charge < -0.3 is 25.6 Å². The quantitative estimate of drug-likeness (QED) is 0.491. The van der Waals surface area contributed by atoms with E-state index in [0.29, 0.717) is 24.0 Å². The van der Waals surface area contributed by atoms with Crippen LogP contribution in [0.4, 0.5) is 9.93 Å². The minimum absolute atomic E-state index is 0.0479. The Morgan fingerprint density at radius 2 is 1.97 bits per heavy atom. The van der Waals surface area contributed by atoms with Crippen LogP contribution >= 0.6 is 34.4 Å². The Morgan fingerprint density at radius 3 is 2.27 bits per heavy atom. The van der Waals surface area contributed by atoms with Crippen LogP contribution < -0.4 is 11.1 Å². The number of amides is 1. The molecule has 0 saturated carbocycles. The topological polar surface area (TPSA) is 161 Å². The van der Waals surface area contributed by atoms with Gasteiger partial charge >= 0.3 is 12.1 Å². The van der Waals surface area contributed by atoms with Crippen LogP contribution in [0.2, 0.25) is 0 Å². The fourth-order valence-electron chi connectivity index (χ4n) is 2.49. The molecule has 1 amide bonds. The number of aliphatic imine (C=N–C) groups is 2. The first-order valence-corrected chi connectivity index (χ1v) is 14.4. The fourth-order valence-corrected chi connectivity index (χ4v) is 4.55. The van der Waals surface area contributed by atoms with E-state index in [0.717, 1.165) is 37.9 Å². The lowest BCUT2D eigenvalue weighted by Gasteiger charge is -1.97. The van der Waals surface area contributed by atoms with Crippen molar-refractivity contribution in [1.29, 1.82) is 0 Å². The van der Waals surface area contributed by atoms with Crippen molar-refractivity contribution < 1.29 is 24.2 Å². The summed E-state index contributed by atoms with van der Waals surface area (Å²) in [6, 6.07) is 0. The molecule has 0 spiro atoms. The van der Waals surface area contributed by atoms with Gasteiger partial charge in [0.05, 0.1) is 35.3 Å². The second-order valence-electron chi connectivity index (χ2n) is 7.83. The van der Waals surface area contributed by atoms with E-state index >= 15 is 0 Å². The number of rotatable bonds is 4. The van der Waals surface area contributed by atoms with E-state index < -0.39 is 5.97 Å². The Hall–Kier alpha value is -2.71. The highest BCUT2D eigenvalue weighted by Crippen LogP contribution is 2.11. The Labute approximate surface area is 230 Å². The number of thioether (sulfide) groups is 1. The van der Waals surface area contributed by atoms with Gasteiger partial charge in [0.1, 0.15) is 13.2 Å². The largest absolute Gasteiger partial charge is 0.481 e. The lowest BCUT2D eigenvalue weighted by molar-refractivity contribution is -0.136. The summed E-state index contributed by atoms with van der Waals surface area (Å²) in [6.45, 7) is 12.2. The first-order valence-electron chi connectivity index (χ1n) is 11.6. The van der Waals surface area contributed by atoms with E-state index in [2.05, 4.69) is 50.8 Å². The molecule has 14 heteroatoms. The van der Waals surface area contributed by atoms with Crippen LogP contribution in [0.3, 0.4) is 0 Å². The second-order valence-corrected chi connectivity index (χ2v) is 11.0. The third-order valence-corrected chi connectivity index (χ3v) is 6.50. The average Bonchev–Trinajstić information content (AvgIpc) is 3.63. The number of ether oxygens (including phenoxy) is 2. The van der Waals surface area contributed by atoms with Gasteiger partial charge in [0.15, 0.2) is 11.0 Å². The van der Waals surface area contributed by atoms with Crippen molar-refractivity contribution in [1.82, 2.24) is 15.3 Å². The number of carboxylic acid groups (broad SMARTS) is 1. The molecule has 0 atom stereocenters. The van der Waals surface area contributed by atoms with Crippen molar-refractivity contribution in [3.05, 3.63) is 27.7 Å². The lowest BCUT2D eigenvalue weighted by Crippen LogP contribution is -2.11. The number of hydrogen-bond acceptors (Lipinski definition) is 12. The van der Waals surface area contributed by atoms with Gasteiger partial charge in [-0.05, 0) is 12.8 Å². The zero-order chi connectivity index (χ0) is 27.5. The molecule has 5 heterocycles. The number of hydrogen-bond donors (Lipinski definition) is 3. The minimum Gasteiger partial charge on any atom is -0.481 e. The average molecular weight is 573 g/mol. The van der Waals surface area contributed by atoms with Crippen LogP contribution in [0.25, 0.3) is 0 Å². The third-order valence-electron chi connectivity index (χ3n) is 4.05. The van der Waals surface area contributed by atoms with E-state index in [1.54, 1.807) is 16.7 Å². The smallest absolute Gasteiger partial charge is 0.407 e. The Bertz CT molecular complexity index is 949. The number of cyclic esters (lactones) is 1. The lowest BCUT2D eigenvalue weighted by atomic mass is 10.1. The molecule has 2 aromatic heterocycles. The molecule has 0 aromatic carbocycles. The highest BCUT2D eigenvalue weighted by molar-refractivity contribution is 8.14. The number of carbonyl (C=O) groups excluding carboxylic acids is 1. The summed E-state index contributed by atoms with van der Waals surface area (Å²) in [4.78, 5) is 36.0. The van der Waals surface area contributed by atoms with Gasteiger partial charge in [-0.1, -0.05) is 13.8 Å². The molecule has 3 aliphatic rings. The highest BCUT2D eigenvalue weighted by Gasteiger charge is 2.06. The number of nitrogens with zero attached hydrogens (tertiary/aromatic N) is 4. The van der Waals surface area contributed by atoms with Crippen molar-refractivity contribution in [2.45, 2.75) is 40.5 Å². The summed E-state index contributed by atoms with van der Waals surface area (Å²) in [6.07, 6.45) is 2.64. The van der Waals surface area contributed by atoms with Crippen LogP contribution in [-0.4, -0.2) is 76.7 Å². The summed E-state index contributed by atoms with van der Waals surface area (Å²) in [5.74, 6) is 1.88. The molecule has 11 nitrogen and oxygen atoms in total. The SMILES string of the molecule is CC(C)Cc1nccs1.CC1=NCCO1.CC1=NCCS1.Nc1nc(CC(=O)O)cs1.O=C1NCCO1. The van der Waals surface area contributed by atoms with Crippen LogP contribution in [0.15, 0.2) is 26.9 Å². The van der Waals surface area contributed by atoms with Crippen molar-refractivity contribution >= 4 is 62.6 Å². The highest BCUT2D eigenvalue weighted by atomic mass is 32.2. The number of aromatic nitrogens is 2. The van der Waals surface area contributed by atoms with Gasteiger partial charge in [0.25, 0.3) is 0 Å². The van der Waals surface area contributed by atoms with E-state index in [-0.39, 0.29) is 12.5 Å². The normalized spacial score (nSPS) is 15.0. The van der Waals surface area contributed by atoms with Gasteiger partial charge in [-0.2, -0.15) is 0 Å². The first-order chi connectivity index (χ1) is 17.7. The predicted molar refractivity (Wildman–Crippen MR) is 152 cm³/mol. The summed E-state index contributed by atoms with van der Waals surface area (Å²) in [5, 5.41) is 17.3. The number of carbonyl (C=O) groups is 2. The van der Waals surface area contributed by atoms with Gasteiger partial charge in [0, 0.05) is 42.6 Å². The predicted octanol–water partition coefficient (Wildman–Crippen LogP) is 4.01. The minimum atomic E-state index is -0.884. The maximum absolute atomic E-state index is 10.1. The summed E-state index contributed by atoms with van der Waals surface area (Å²) in [7, 11) is 0. The van der Waals surface area contributed by atoms with E-state index in [1.807, 2.05) is 30.3 Å². The molecule has 5 rings (SSSR count). The number of nitrogens with two attached hydrogens (primary N) is 1. The van der Waals surface area contributed by atoms with Crippen molar-refractivity contribution in [2.24, 2.45) is 15.9 Å². The Morgan fingerprint density at radius 1 is 1.19 bits per heavy atom. The number of nitrogens with one attached hydrogen (secondary N) is 1. The van der Waals surface area contributed by atoms with Gasteiger partial charge in [-0.3, -0.25) is 14.8 Å². The van der Waals surface area contributed by atoms with Crippen molar-refractivity contribution in [2.75, 3.05) is 44.3 Å². The molecule has 1 saturated heterocycles. The Kier molecular flexibility index (Phi) is 17.0. The van der Waals surface area contributed by atoms with E-state index in [4.69, 9.17) is 15.6 Å². The molecule has 2 aromatic rings. The first kappa shape index (κ1) is 32.3. The molecule has 3 aliphatic heterocycles. The molecule has 1 fully saturated rings. The van der Waals surface area contributed by atoms with Crippen molar-refractivity contribution in [3.8, 4) is 0 Å². The van der Waals surface area contributed by atoms with Gasteiger partial charge in [0.2, 0.25) is 0 Å². The molecular weight excluding hydrogens is 536 g/mol. The number of alkyl carbamates (subject to hydrolysis) is 1. The summed E-state index contributed by atoms with van der Waals surface area (Å²) >= 11 is 4.84. The number of thiazole rings is 2. The van der Waals surface area contributed by atoms with Gasteiger partial charge in [-0.15, -0.1) is 34.4 Å². The van der Waals surface area contributed by atoms with E-state index in [9.17, 15) is 9.59 Å². The van der Waals surface area contributed by atoms with E-state index in [1.165, 1.54) is 27.1 Å². The Balaban J connectivity index is 0.000000235. The van der Waals surface area contributed by atoms with Crippen molar-refractivity contribution in [3.63, 3.8) is 0 Å². The maximum Gasteiger partial charge on any atom is 0.407 e. The van der Waals surface area contributed by atoms with Crippen LogP contribution in [0, 0.1) is 5.92 Å². The number of nitrogen functional groups attached to an aromatic ring is 1. The molecule has 0 aliphatic carbocycles. The monoisotopic (exact) mass is 572 g/mol. The zero-order valence-electron chi connectivity index (χ0n) is 21.6. The number of carboxylic acids is 1. The molecule has 0 unspecified atom stereocenters. The maximum atomic E-state index is 10.1. The standard InChI is InChI=1S/C7H11NS.C5H6N2O2S.C4H7NO.C4H7NS.C3H5NO2/c1-6(2)5-7-8-3-4-9-7;6-5-7-3(2-10-5)1-4(8)9;2*1-4-5-2-3-6-4;5-3-4-1-2-6-3/h3-4,6H,5H2,1-2H3;2H,1H2,(H2,6,7)(H,8,9);2*2-3H2,1H3;1-2H2,(H,4,5). The number of anilines is 1. The summed E-state index contributed by atoms with van der Waals surface area (Å²) in [5.41, 5.74) is 5.79. The zero-order valence-corrected chi connectivity index (χ0v) is 24.1. The fraction of sp³-hybridized carbons (Fsp3) is 0.565. The molecular formula is C23H36N6O5S3. The molecule has 4 N–H and O–H groups in total. The van der Waals surface area contributed by atoms with Crippen LogP contribution in [0.1, 0.15) is 38.4 Å². The summed E-state index contributed by atoms with van der Waals surface area (Å²) < 4.78 is 9.31. The van der Waals surface area contributed by atoms with Crippen LogP contribution in [0.5, 0.6) is 0 Å². The number of aliphatic carboxylic acids is 1. The molecule has 0 radical (unpaired) electrons. The third kappa shape index (κ3) is 18.2. The van der Waals surface area contributed by atoms with Crippen LogP contribution in [-0.2, 0) is 27.1 Å². The molecule has 0 bridgehead atoms.